The maximum atomic E-state index is 11.6. The number of aliphatic hydroxyl groups excluding tert-OH is 1. The SMILES string of the molecule is COC(=O)C1CSCCC1=NOCCCNC(C)CO. The van der Waals surface area contributed by atoms with Gasteiger partial charge in [-0.15, -0.1) is 0 Å². The summed E-state index contributed by atoms with van der Waals surface area (Å²) < 4.78 is 4.78. The van der Waals surface area contributed by atoms with Gasteiger partial charge in [0.1, 0.15) is 12.5 Å². The molecule has 2 N–H and O–H groups in total. The number of carbonyl (C=O) groups excluding carboxylic acids is 1. The summed E-state index contributed by atoms with van der Waals surface area (Å²) in [5.41, 5.74) is 0.785. The maximum Gasteiger partial charge on any atom is 0.315 e. The van der Waals surface area contributed by atoms with Crippen LogP contribution in [-0.2, 0) is 14.4 Å². The number of hydrogen-bond donors (Lipinski definition) is 2. The van der Waals surface area contributed by atoms with Crippen molar-refractivity contribution in [2.45, 2.75) is 25.8 Å². The van der Waals surface area contributed by atoms with E-state index in [1.807, 2.05) is 6.92 Å². The number of thioether (sulfide) groups is 1. The van der Waals surface area contributed by atoms with Gasteiger partial charge in [0, 0.05) is 11.8 Å². The highest BCUT2D eigenvalue weighted by Gasteiger charge is 2.29. The molecule has 0 bridgehead atoms. The molecule has 6 nitrogen and oxygen atoms in total. The van der Waals surface area contributed by atoms with E-state index in [1.54, 1.807) is 11.8 Å². The Labute approximate surface area is 124 Å². The van der Waals surface area contributed by atoms with E-state index in [9.17, 15) is 4.79 Å². The quantitative estimate of drug-likeness (QED) is 0.389. The van der Waals surface area contributed by atoms with Crippen LogP contribution in [0.4, 0.5) is 0 Å². The molecule has 1 rings (SSSR count). The summed E-state index contributed by atoms with van der Waals surface area (Å²) in [6.07, 6.45) is 1.57. The zero-order chi connectivity index (χ0) is 14.8. The van der Waals surface area contributed by atoms with Crippen LogP contribution in [0.3, 0.4) is 0 Å². The minimum atomic E-state index is -0.272. The fourth-order valence-electron chi connectivity index (χ4n) is 1.78. The molecule has 1 aliphatic heterocycles. The molecule has 0 amide bonds. The van der Waals surface area contributed by atoms with Gasteiger partial charge in [0.15, 0.2) is 0 Å². The van der Waals surface area contributed by atoms with Crippen LogP contribution in [0.15, 0.2) is 5.16 Å². The van der Waals surface area contributed by atoms with Crippen molar-refractivity contribution in [1.82, 2.24) is 5.32 Å². The van der Waals surface area contributed by atoms with Crippen molar-refractivity contribution in [3.63, 3.8) is 0 Å². The van der Waals surface area contributed by atoms with Crippen molar-refractivity contribution in [1.29, 1.82) is 0 Å². The molecule has 0 aromatic rings. The summed E-state index contributed by atoms with van der Waals surface area (Å²) in [4.78, 5) is 16.9. The van der Waals surface area contributed by atoms with Gasteiger partial charge < -0.3 is 20.0 Å². The van der Waals surface area contributed by atoms with Gasteiger partial charge in [-0.05, 0) is 32.1 Å². The minimum Gasteiger partial charge on any atom is -0.468 e. The highest BCUT2D eigenvalue weighted by Crippen LogP contribution is 2.22. The van der Waals surface area contributed by atoms with Gasteiger partial charge >= 0.3 is 5.97 Å². The van der Waals surface area contributed by atoms with E-state index in [4.69, 9.17) is 14.7 Å². The number of methoxy groups -OCH3 is 1. The lowest BCUT2D eigenvalue weighted by Gasteiger charge is -2.20. The number of aliphatic hydroxyl groups is 1. The molecular formula is C13H24N2O4S. The van der Waals surface area contributed by atoms with E-state index in [2.05, 4.69) is 10.5 Å². The summed E-state index contributed by atoms with van der Waals surface area (Å²) in [6, 6.07) is 0.0976. The Morgan fingerprint density at radius 3 is 3.15 bits per heavy atom. The second kappa shape index (κ2) is 10.0. The standard InChI is InChI=1S/C13H24N2O4S/c1-10(8-16)14-5-3-6-19-15-12-4-7-20-9-11(12)13(17)18-2/h10-11,14,16H,3-9H2,1-2H3. The van der Waals surface area contributed by atoms with Crippen LogP contribution in [0.1, 0.15) is 19.8 Å². The zero-order valence-corrected chi connectivity index (χ0v) is 12.9. The molecule has 0 aromatic carbocycles. The molecular weight excluding hydrogens is 280 g/mol. The Morgan fingerprint density at radius 1 is 1.65 bits per heavy atom. The Hall–Kier alpha value is -0.790. The maximum absolute atomic E-state index is 11.6. The van der Waals surface area contributed by atoms with Crippen molar-refractivity contribution in [2.75, 3.05) is 38.4 Å². The fourth-order valence-corrected chi connectivity index (χ4v) is 2.87. The lowest BCUT2D eigenvalue weighted by molar-refractivity contribution is -0.142. The summed E-state index contributed by atoms with van der Waals surface area (Å²) >= 11 is 1.73. The van der Waals surface area contributed by atoms with Crippen LogP contribution >= 0.6 is 11.8 Å². The molecule has 0 aromatic heterocycles. The molecule has 0 spiro atoms. The number of esters is 1. The van der Waals surface area contributed by atoms with Crippen molar-refractivity contribution < 1.29 is 19.5 Å². The average molecular weight is 304 g/mol. The highest BCUT2D eigenvalue weighted by atomic mass is 32.2. The first-order chi connectivity index (χ1) is 9.69. The van der Waals surface area contributed by atoms with Crippen LogP contribution in [0.2, 0.25) is 0 Å². The molecule has 1 aliphatic rings. The van der Waals surface area contributed by atoms with Crippen LogP contribution in [0.25, 0.3) is 0 Å². The average Bonchev–Trinajstić information content (AvgIpc) is 2.50. The molecule has 0 radical (unpaired) electrons. The van der Waals surface area contributed by atoms with Crippen LogP contribution in [0, 0.1) is 5.92 Å². The molecule has 2 atom stereocenters. The first-order valence-electron chi connectivity index (χ1n) is 6.87. The summed E-state index contributed by atoms with van der Waals surface area (Å²) in [6.45, 7) is 3.31. The molecule has 0 aliphatic carbocycles. The van der Waals surface area contributed by atoms with Gasteiger partial charge in [0.25, 0.3) is 0 Å². The smallest absolute Gasteiger partial charge is 0.315 e. The summed E-state index contributed by atoms with van der Waals surface area (Å²) in [7, 11) is 1.40. The third-order valence-electron chi connectivity index (χ3n) is 3.04. The topological polar surface area (TPSA) is 80.2 Å². The second-order valence-corrected chi connectivity index (χ2v) is 5.86. The van der Waals surface area contributed by atoms with Crippen LogP contribution in [0.5, 0.6) is 0 Å². The Bertz CT molecular complexity index is 325. The number of nitrogens with one attached hydrogen (secondary N) is 1. The zero-order valence-electron chi connectivity index (χ0n) is 12.1. The predicted octanol–water partition coefficient (Wildman–Crippen LogP) is 0.646. The monoisotopic (exact) mass is 304 g/mol. The van der Waals surface area contributed by atoms with Crippen LogP contribution < -0.4 is 5.32 Å². The number of nitrogens with zero attached hydrogens (tertiary/aromatic N) is 1. The van der Waals surface area contributed by atoms with Crippen molar-refractivity contribution in [3.05, 3.63) is 0 Å². The molecule has 20 heavy (non-hydrogen) atoms. The van der Waals surface area contributed by atoms with Crippen molar-refractivity contribution in [2.24, 2.45) is 11.1 Å². The number of ether oxygens (including phenoxy) is 1. The van der Waals surface area contributed by atoms with E-state index in [0.717, 1.165) is 30.9 Å². The lowest BCUT2D eigenvalue weighted by atomic mass is 10.0. The molecule has 0 saturated carbocycles. The largest absolute Gasteiger partial charge is 0.468 e. The van der Waals surface area contributed by atoms with Crippen molar-refractivity contribution >= 4 is 23.4 Å². The van der Waals surface area contributed by atoms with E-state index in [0.29, 0.717) is 12.4 Å². The first-order valence-corrected chi connectivity index (χ1v) is 8.03. The van der Waals surface area contributed by atoms with Gasteiger partial charge in [-0.25, -0.2) is 0 Å². The van der Waals surface area contributed by atoms with E-state index in [1.165, 1.54) is 7.11 Å². The number of oxime groups is 1. The lowest BCUT2D eigenvalue weighted by Crippen LogP contribution is -2.32. The third kappa shape index (κ3) is 6.11. The highest BCUT2D eigenvalue weighted by molar-refractivity contribution is 7.99. The van der Waals surface area contributed by atoms with Crippen LogP contribution in [-0.4, -0.2) is 61.2 Å². The normalized spacial score (nSPS) is 22.6. The predicted molar refractivity (Wildman–Crippen MR) is 80.0 cm³/mol. The molecule has 1 fully saturated rings. The molecule has 2 unspecified atom stereocenters. The second-order valence-electron chi connectivity index (χ2n) is 4.71. The molecule has 7 heteroatoms. The number of carbonyl (C=O) groups is 1. The summed E-state index contributed by atoms with van der Waals surface area (Å²) in [5, 5.41) is 16.1. The van der Waals surface area contributed by atoms with Gasteiger partial charge in [-0.3, -0.25) is 4.79 Å². The van der Waals surface area contributed by atoms with Gasteiger partial charge in [0.05, 0.1) is 19.4 Å². The van der Waals surface area contributed by atoms with E-state index < -0.39 is 0 Å². The van der Waals surface area contributed by atoms with E-state index >= 15 is 0 Å². The van der Waals surface area contributed by atoms with Gasteiger partial charge in [-0.1, -0.05) is 5.16 Å². The minimum absolute atomic E-state index is 0.0976. The molecule has 1 heterocycles. The van der Waals surface area contributed by atoms with Crippen molar-refractivity contribution in [3.8, 4) is 0 Å². The first kappa shape index (κ1) is 17.3. The van der Waals surface area contributed by atoms with E-state index in [-0.39, 0.29) is 24.5 Å². The van der Waals surface area contributed by atoms with Gasteiger partial charge in [0.2, 0.25) is 0 Å². The Morgan fingerprint density at radius 2 is 2.45 bits per heavy atom. The van der Waals surface area contributed by atoms with Gasteiger partial charge in [-0.2, -0.15) is 11.8 Å². The molecule has 116 valence electrons. The Balaban J connectivity index is 2.27. The summed E-state index contributed by atoms with van der Waals surface area (Å²) in [5.74, 6) is 1.17. The fraction of sp³-hybridized carbons (Fsp3) is 0.846. The number of hydrogen-bond acceptors (Lipinski definition) is 7. The number of rotatable bonds is 8. The third-order valence-corrected chi connectivity index (χ3v) is 4.10. The molecule has 1 saturated heterocycles. The Kier molecular flexibility index (Phi) is 8.64.